The lowest BCUT2D eigenvalue weighted by Gasteiger charge is -2.17. The Kier molecular flexibility index (Phi) is 6.10. The predicted molar refractivity (Wildman–Crippen MR) is 76.1 cm³/mol. The van der Waals surface area contributed by atoms with Crippen LogP contribution in [-0.2, 0) is 6.54 Å². The normalized spacial score (nSPS) is 12.5. The second-order valence-corrected chi connectivity index (χ2v) is 4.94. The Balaban J connectivity index is 2.03. The molecule has 0 aromatic heterocycles. The van der Waals surface area contributed by atoms with Gasteiger partial charge >= 0.3 is 6.61 Å². The van der Waals surface area contributed by atoms with E-state index in [0.717, 1.165) is 12.1 Å². The zero-order chi connectivity index (χ0) is 17.7. The summed E-state index contributed by atoms with van der Waals surface area (Å²) in [5.74, 6) is -4.28. The minimum absolute atomic E-state index is 0.00450. The Morgan fingerprint density at radius 3 is 2.08 bits per heavy atom. The van der Waals surface area contributed by atoms with Gasteiger partial charge in [-0.3, -0.25) is 0 Å². The molecule has 0 amide bonds. The van der Waals surface area contributed by atoms with Crippen LogP contribution in [0.25, 0.3) is 0 Å². The minimum Gasteiger partial charge on any atom is -0.435 e. The molecule has 2 aromatic carbocycles. The average Bonchev–Trinajstić information content (AvgIpc) is 2.54. The molecule has 0 aliphatic carbocycles. The monoisotopic (exact) mass is 347 g/mol. The van der Waals surface area contributed by atoms with E-state index in [2.05, 4.69) is 10.1 Å². The van der Waals surface area contributed by atoms with Crippen molar-refractivity contribution in [3.8, 4) is 5.75 Å². The molecule has 0 spiro atoms. The van der Waals surface area contributed by atoms with Crippen LogP contribution in [0.4, 0.5) is 22.0 Å². The lowest BCUT2D eigenvalue weighted by Crippen LogP contribution is -2.24. The number of hydrogen-bond acceptors (Lipinski definition) is 3. The third kappa shape index (κ3) is 4.65. The Bertz CT molecular complexity index is 656. The maximum atomic E-state index is 13.2. The third-order valence-electron chi connectivity index (χ3n) is 3.29. The second-order valence-electron chi connectivity index (χ2n) is 4.94. The summed E-state index contributed by atoms with van der Waals surface area (Å²) in [5.41, 5.74) is 0.713. The summed E-state index contributed by atoms with van der Waals surface area (Å²) in [7, 11) is 0. The van der Waals surface area contributed by atoms with Gasteiger partial charge in [-0.2, -0.15) is 8.78 Å². The SMILES string of the molecule is OCC(NCc1ccc(OC(F)F)cc1)c1cc(F)c(F)c(F)c1. The van der Waals surface area contributed by atoms with Crippen molar-refractivity contribution in [2.45, 2.75) is 19.2 Å². The van der Waals surface area contributed by atoms with E-state index >= 15 is 0 Å². The maximum Gasteiger partial charge on any atom is 0.387 e. The smallest absolute Gasteiger partial charge is 0.387 e. The molecule has 1 unspecified atom stereocenters. The number of rotatable bonds is 7. The van der Waals surface area contributed by atoms with Gasteiger partial charge in [-0.05, 0) is 35.4 Å². The number of alkyl halides is 2. The van der Waals surface area contributed by atoms with Crippen LogP contribution in [0.5, 0.6) is 5.75 Å². The maximum absolute atomic E-state index is 13.2. The first-order valence-electron chi connectivity index (χ1n) is 6.93. The van der Waals surface area contributed by atoms with Crippen LogP contribution >= 0.6 is 0 Å². The van der Waals surface area contributed by atoms with Gasteiger partial charge in [0.2, 0.25) is 0 Å². The fraction of sp³-hybridized carbons (Fsp3) is 0.250. The molecule has 24 heavy (non-hydrogen) atoms. The number of nitrogens with one attached hydrogen (secondary N) is 1. The molecule has 2 N–H and O–H groups in total. The van der Waals surface area contributed by atoms with Crippen molar-refractivity contribution in [3.63, 3.8) is 0 Å². The average molecular weight is 347 g/mol. The van der Waals surface area contributed by atoms with Gasteiger partial charge in [-0.1, -0.05) is 12.1 Å². The predicted octanol–water partition coefficient (Wildman–Crippen LogP) is 3.53. The minimum atomic E-state index is -2.92. The van der Waals surface area contributed by atoms with Crippen molar-refractivity contribution in [3.05, 3.63) is 65.0 Å². The summed E-state index contributed by atoms with van der Waals surface area (Å²) >= 11 is 0. The standard InChI is InChI=1S/C16H14F5NO2/c17-12-5-10(6-13(18)15(12)19)14(8-23)22-7-9-1-3-11(4-2-9)24-16(20)21/h1-6,14,16,22-23H,7-8H2. The first-order valence-corrected chi connectivity index (χ1v) is 6.93. The fourth-order valence-electron chi connectivity index (χ4n) is 2.09. The Morgan fingerprint density at radius 1 is 1.00 bits per heavy atom. The number of aliphatic hydroxyl groups excluding tert-OH is 1. The number of aliphatic hydroxyl groups is 1. The largest absolute Gasteiger partial charge is 0.435 e. The van der Waals surface area contributed by atoms with Crippen molar-refractivity contribution < 1.29 is 31.8 Å². The molecule has 0 aliphatic rings. The lowest BCUT2D eigenvalue weighted by molar-refractivity contribution is -0.0498. The Hall–Kier alpha value is -2.19. The van der Waals surface area contributed by atoms with E-state index in [1.807, 2.05) is 0 Å². The molecule has 0 heterocycles. The van der Waals surface area contributed by atoms with E-state index in [1.165, 1.54) is 24.3 Å². The van der Waals surface area contributed by atoms with Gasteiger partial charge in [0.15, 0.2) is 17.5 Å². The molecule has 0 bridgehead atoms. The molecule has 2 rings (SSSR count). The van der Waals surface area contributed by atoms with Gasteiger partial charge in [0.25, 0.3) is 0 Å². The highest BCUT2D eigenvalue weighted by atomic mass is 19.3. The molecule has 8 heteroatoms. The van der Waals surface area contributed by atoms with Crippen molar-refractivity contribution in [1.82, 2.24) is 5.32 Å². The van der Waals surface area contributed by atoms with E-state index in [1.54, 1.807) is 0 Å². The molecular weight excluding hydrogens is 333 g/mol. The summed E-state index contributed by atoms with van der Waals surface area (Å²) in [5, 5.41) is 12.2. The number of hydrogen-bond donors (Lipinski definition) is 2. The zero-order valence-corrected chi connectivity index (χ0v) is 12.3. The van der Waals surface area contributed by atoms with Crippen LogP contribution in [0.2, 0.25) is 0 Å². The summed E-state index contributed by atoms with van der Waals surface area (Å²) in [4.78, 5) is 0. The van der Waals surface area contributed by atoms with Crippen LogP contribution < -0.4 is 10.1 Å². The van der Waals surface area contributed by atoms with Gasteiger partial charge in [0, 0.05) is 6.54 Å². The number of benzene rings is 2. The topological polar surface area (TPSA) is 41.5 Å². The van der Waals surface area contributed by atoms with E-state index in [0.29, 0.717) is 5.56 Å². The molecule has 0 fully saturated rings. The Labute approximate surface area is 134 Å². The zero-order valence-electron chi connectivity index (χ0n) is 12.3. The van der Waals surface area contributed by atoms with Gasteiger partial charge < -0.3 is 15.2 Å². The first-order chi connectivity index (χ1) is 11.4. The molecule has 0 radical (unpaired) electrons. The molecule has 3 nitrogen and oxygen atoms in total. The van der Waals surface area contributed by atoms with Crippen LogP contribution in [0.15, 0.2) is 36.4 Å². The quantitative estimate of drug-likeness (QED) is 0.595. The molecule has 0 saturated heterocycles. The lowest BCUT2D eigenvalue weighted by atomic mass is 10.1. The Morgan fingerprint density at radius 2 is 1.58 bits per heavy atom. The summed E-state index contributed by atoms with van der Waals surface area (Å²) in [6.45, 7) is -3.21. The molecule has 1 atom stereocenters. The van der Waals surface area contributed by atoms with Crippen molar-refractivity contribution in [2.75, 3.05) is 6.61 Å². The van der Waals surface area contributed by atoms with E-state index in [-0.39, 0.29) is 17.9 Å². The molecule has 2 aromatic rings. The first kappa shape index (κ1) is 18.2. The molecule has 130 valence electrons. The van der Waals surface area contributed by atoms with E-state index in [4.69, 9.17) is 0 Å². The highest BCUT2D eigenvalue weighted by Gasteiger charge is 2.16. The summed E-state index contributed by atoms with van der Waals surface area (Å²) in [6, 6.07) is 6.49. The van der Waals surface area contributed by atoms with Crippen LogP contribution in [0.3, 0.4) is 0 Å². The van der Waals surface area contributed by atoms with Crippen molar-refractivity contribution in [2.24, 2.45) is 0 Å². The molecule has 0 aliphatic heterocycles. The van der Waals surface area contributed by atoms with E-state index < -0.39 is 36.7 Å². The molecule has 0 saturated carbocycles. The summed E-state index contributed by atoms with van der Waals surface area (Å²) in [6.07, 6.45) is 0. The summed E-state index contributed by atoms with van der Waals surface area (Å²) < 4.78 is 67.8. The van der Waals surface area contributed by atoms with Gasteiger partial charge in [-0.25, -0.2) is 13.2 Å². The van der Waals surface area contributed by atoms with Crippen LogP contribution in [-0.4, -0.2) is 18.3 Å². The van der Waals surface area contributed by atoms with Crippen LogP contribution in [0.1, 0.15) is 17.2 Å². The number of ether oxygens (including phenoxy) is 1. The van der Waals surface area contributed by atoms with Crippen LogP contribution in [0, 0.1) is 17.5 Å². The molecular formula is C16H14F5NO2. The van der Waals surface area contributed by atoms with E-state index in [9.17, 15) is 27.1 Å². The number of halogens is 5. The van der Waals surface area contributed by atoms with Crippen molar-refractivity contribution >= 4 is 0 Å². The van der Waals surface area contributed by atoms with Gasteiger partial charge in [0.05, 0.1) is 12.6 Å². The second kappa shape index (κ2) is 8.07. The highest BCUT2D eigenvalue weighted by molar-refractivity contribution is 5.28. The van der Waals surface area contributed by atoms with Crippen molar-refractivity contribution in [1.29, 1.82) is 0 Å². The third-order valence-corrected chi connectivity index (χ3v) is 3.29. The van der Waals surface area contributed by atoms with Gasteiger partial charge in [-0.15, -0.1) is 0 Å². The fourth-order valence-corrected chi connectivity index (χ4v) is 2.09. The highest BCUT2D eigenvalue weighted by Crippen LogP contribution is 2.20. The van der Waals surface area contributed by atoms with Gasteiger partial charge in [0.1, 0.15) is 5.75 Å².